The second-order valence-electron chi connectivity index (χ2n) is 8.42. The molecule has 5 heteroatoms. The summed E-state index contributed by atoms with van der Waals surface area (Å²) in [6.45, 7) is 17.1. The maximum atomic E-state index is 4.40. The van der Waals surface area contributed by atoms with Gasteiger partial charge in [0.25, 0.3) is 0 Å². The molecule has 0 unspecified atom stereocenters. The van der Waals surface area contributed by atoms with Crippen molar-refractivity contribution in [3.8, 4) is 0 Å². The number of nitrogens with zero attached hydrogens (tertiary/aromatic N) is 4. The third-order valence-electron chi connectivity index (χ3n) is 6.38. The Morgan fingerprint density at radius 3 is 2.68 bits per heavy atom. The van der Waals surface area contributed by atoms with Gasteiger partial charge >= 0.3 is 0 Å². The van der Waals surface area contributed by atoms with Gasteiger partial charge in [-0.3, -0.25) is 4.99 Å². The predicted molar refractivity (Wildman–Crippen MR) is 134 cm³/mol. The molecule has 0 saturated carbocycles. The molecule has 0 spiro atoms. The van der Waals surface area contributed by atoms with Gasteiger partial charge in [0.05, 0.1) is 11.7 Å². The van der Waals surface area contributed by atoms with Gasteiger partial charge in [-0.1, -0.05) is 31.9 Å². The first kappa shape index (κ1) is 22.9. The zero-order valence-corrected chi connectivity index (χ0v) is 19.5. The zero-order valence-electron chi connectivity index (χ0n) is 19.5. The molecule has 1 aromatic rings. The number of nitrogens with one attached hydrogen (secondary N) is 1. The lowest BCUT2D eigenvalue weighted by atomic mass is 10.0. The van der Waals surface area contributed by atoms with E-state index in [0.29, 0.717) is 5.84 Å². The van der Waals surface area contributed by atoms with Crippen LogP contribution < -0.4 is 10.2 Å². The van der Waals surface area contributed by atoms with Gasteiger partial charge in [0.15, 0.2) is 5.84 Å². The second-order valence-corrected chi connectivity index (χ2v) is 8.42. The lowest BCUT2D eigenvalue weighted by molar-refractivity contribution is 0.411. The molecular formula is C26H37N5. The van der Waals surface area contributed by atoms with Gasteiger partial charge in [-0.2, -0.15) is 0 Å². The Morgan fingerprint density at radius 2 is 2.00 bits per heavy atom. The molecule has 31 heavy (non-hydrogen) atoms. The van der Waals surface area contributed by atoms with Crippen molar-refractivity contribution in [3.05, 3.63) is 66.2 Å². The van der Waals surface area contributed by atoms with Gasteiger partial charge in [-0.25, -0.2) is 4.99 Å². The van der Waals surface area contributed by atoms with Crippen molar-refractivity contribution in [2.45, 2.75) is 51.5 Å². The van der Waals surface area contributed by atoms with E-state index in [-0.39, 0.29) is 6.04 Å². The van der Waals surface area contributed by atoms with Gasteiger partial charge < -0.3 is 15.1 Å². The molecular weight excluding hydrogens is 382 g/mol. The number of likely N-dealkylation sites (N-methyl/N-ethyl adjacent to an activating group) is 1. The second kappa shape index (κ2) is 10.5. The number of hydrogen-bond donors (Lipinski definition) is 1. The Labute approximate surface area is 188 Å². The first-order chi connectivity index (χ1) is 14.9. The highest BCUT2D eigenvalue weighted by Gasteiger charge is 2.24. The standard InChI is InChI=1S/C26H37N5/c1-7-28-26(27-5)20(3)29-24-15-14-23-13-12-22(18-25(23)30(6)21(24)4)11-10-19(2)31-16-8-9-17-31/h7,12-13,18,24,29H,2-4,8-11,14-17H2,1,5-6H3/t24-/m0/s1. The fourth-order valence-electron chi connectivity index (χ4n) is 4.45. The summed E-state index contributed by atoms with van der Waals surface area (Å²) in [6, 6.07) is 6.98. The summed E-state index contributed by atoms with van der Waals surface area (Å²) in [5, 5.41) is 3.50. The number of allylic oxidation sites excluding steroid dienone is 1. The topological polar surface area (TPSA) is 43.2 Å². The van der Waals surface area contributed by atoms with Crippen LogP contribution in [0.25, 0.3) is 0 Å². The molecule has 1 aromatic carbocycles. The number of amidine groups is 1. The third kappa shape index (κ3) is 5.46. The van der Waals surface area contributed by atoms with Gasteiger partial charge in [-0.15, -0.1) is 0 Å². The summed E-state index contributed by atoms with van der Waals surface area (Å²) in [7, 11) is 3.84. The SMILES string of the molecule is C=C(N[C@H]1CCc2ccc(CCC(=C)N3CCCC3)cc2N(C)C1=C)C(N=CC)=NC. The number of rotatable bonds is 7. The van der Waals surface area contributed by atoms with Crippen molar-refractivity contribution in [2.24, 2.45) is 9.98 Å². The molecule has 1 N–H and O–H groups in total. The number of benzene rings is 1. The van der Waals surface area contributed by atoms with E-state index in [4.69, 9.17) is 0 Å². The van der Waals surface area contributed by atoms with E-state index in [1.54, 1.807) is 13.3 Å². The van der Waals surface area contributed by atoms with Crippen molar-refractivity contribution in [1.29, 1.82) is 0 Å². The smallest absolute Gasteiger partial charge is 0.169 e. The summed E-state index contributed by atoms with van der Waals surface area (Å²) in [4.78, 5) is 13.2. The van der Waals surface area contributed by atoms with Gasteiger partial charge in [-0.05, 0) is 62.6 Å². The fraction of sp³-hybridized carbons (Fsp3) is 0.462. The molecule has 2 aliphatic heterocycles. The summed E-state index contributed by atoms with van der Waals surface area (Å²) in [6.07, 6.45) is 8.30. The van der Waals surface area contributed by atoms with Crippen LogP contribution in [-0.2, 0) is 12.8 Å². The van der Waals surface area contributed by atoms with Gasteiger partial charge in [0.2, 0.25) is 0 Å². The first-order valence-electron chi connectivity index (χ1n) is 11.3. The third-order valence-corrected chi connectivity index (χ3v) is 6.38. The lowest BCUT2D eigenvalue weighted by Gasteiger charge is -2.28. The van der Waals surface area contributed by atoms with Crippen LogP contribution >= 0.6 is 0 Å². The van der Waals surface area contributed by atoms with Crippen LogP contribution in [0.3, 0.4) is 0 Å². The summed E-state index contributed by atoms with van der Waals surface area (Å²) in [5.74, 6) is 0.625. The Morgan fingerprint density at radius 1 is 1.26 bits per heavy atom. The summed E-state index contributed by atoms with van der Waals surface area (Å²) < 4.78 is 0. The van der Waals surface area contributed by atoms with Crippen molar-refractivity contribution < 1.29 is 0 Å². The molecule has 0 aromatic heterocycles. The van der Waals surface area contributed by atoms with Crippen molar-refractivity contribution in [3.63, 3.8) is 0 Å². The monoisotopic (exact) mass is 419 g/mol. The molecule has 2 heterocycles. The Balaban J connectivity index is 1.68. The van der Waals surface area contributed by atoms with Crippen molar-refractivity contribution in [1.82, 2.24) is 10.2 Å². The van der Waals surface area contributed by atoms with Crippen molar-refractivity contribution in [2.75, 3.05) is 32.1 Å². The van der Waals surface area contributed by atoms with Crippen LogP contribution in [0.2, 0.25) is 0 Å². The maximum absolute atomic E-state index is 4.40. The molecule has 0 amide bonds. The van der Waals surface area contributed by atoms with E-state index < -0.39 is 0 Å². The molecule has 5 nitrogen and oxygen atoms in total. The van der Waals surface area contributed by atoms with Crippen LogP contribution in [-0.4, -0.2) is 50.2 Å². The molecule has 0 radical (unpaired) electrons. The molecule has 2 aliphatic rings. The molecule has 0 bridgehead atoms. The van der Waals surface area contributed by atoms with E-state index in [9.17, 15) is 0 Å². The van der Waals surface area contributed by atoms with Gasteiger partial charge in [0.1, 0.15) is 0 Å². The van der Waals surface area contributed by atoms with E-state index in [1.807, 2.05) is 6.92 Å². The lowest BCUT2D eigenvalue weighted by Crippen LogP contribution is -2.37. The minimum atomic E-state index is 0.0899. The molecule has 1 saturated heterocycles. The van der Waals surface area contributed by atoms with Crippen LogP contribution in [0.15, 0.2) is 65.0 Å². The number of anilines is 1. The molecule has 166 valence electrons. The van der Waals surface area contributed by atoms with Gasteiger partial charge in [0, 0.05) is 50.5 Å². The minimum absolute atomic E-state index is 0.0899. The molecule has 0 aliphatic carbocycles. The van der Waals surface area contributed by atoms with E-state index in [1.165, 1.54) is 48.4 Å². The quantitative estimate of drug-likeness (QED) is 0.514. The van der Waals surface area contributed by atoms with Crippen LogP contribution in [0.5, 0.6) is 0 Å². The average Bonchev–Trinajstić information content (AvgIpc) is 3.29. The van der Waals surface area contributed by atoms with E-state index in [2.05, 4.69) is 70.1 Å². The number of likely N-dealkylation sites (tertiary alicyclic amines) is 1. The Bertz CT molecular complexity index is 889. The normalized spacial score (nSPS) is 19.5. The van der Waals surface area contributed by atoms with E-state index in [0.717, 1.165) is 37.1 Å². The van der Waals surface area contributed by atoms with Crippen LogP contribution in [0.1, 0.15) is 43.7 Å². The van der Waals surface area contributed by atoms with Crippen LogP contribution in [0, 0.1) is 0 Å². The molecule has 3 rings (SSSR count). The van der Waals surface area contributed by atoms with Crippen LogP contribution in [0.4, 0.5) is 5.69 Å². The number of fused-ring (bicyclic) bond motifs is 1. The first-order valence-corrected chi connectivity index (χ1v) is 11.3. The maximum Gasteiger partial charge on any atom is 0.169 e. The fourth-order valence-corrected chi connectivity index (χ4v) is 4.45. The molecule has 1 fully saturated rings. The largest absolute Gasteiger partial charge is 0.375 e. The summed E-state index contributed by atoms with van der Waals surface area (Å²) >= 11 is 0. The molecule has 1 atom stereocenters. The Hall–Kier alpha value is -2.82. The number of aliphatic imine (C=N–C) groups is 2. The summed E-state index contributed by atoms with van der Waals surface area (Å²) in [5.41, 5.74) is 7.00. The number of aryl methyl sites for hydroxylation is 2. The highest BCUT2D eigenvalue weighted by molar-refractivity contribution is 6.01. The zero-order chi connectivity index (χ0) is 22.4. The van der Waals surface area contributed by atoms with Crippen molar-refractivity contribution >= 4 is 17.7 Å². The highest BCUT2D eigenvalue weighted by atomic mass is 15.2. The van der Waals surface area contributed by atoms with E-state index >= 15 is 0 Å². The predicted octanol–water partition coefficient (Wildman–Crippen LogP) is 4.72. The average molecular weight is 420 g/mol. The highest BCUT2D eigenvalue weighted by Crippen LogP contribution is 2.32. The Kier molecular flexibility index (Phi) is 7.72. The number of hydrogen-bond acceptors (Lipinski definition) is 4. The minimum Gasteiger partial charge on any atom is -0.375 e.